The third kappa shape index (κ3) is 6.49. The highest BCUT2D eigenvalue weighted by molar-refractivity contribution is 8.00. The maximum atomic E-state index is 13.2. The van der Waals surface area contributed by atoms with Crippen LogP contribution in [0.1, 0.15) is 13.8 Å². The van der Waals surface area contributed by atoms with Gasteiger partial charge in [0, 0.05) is 18.0 Å². The van der Waals surface area contributed by atoms with Crippen molar-refractivity contribution in [1.29, 1.82) is 0 Å². The number of nitrogens with zero attached hydrogens (tertiary/aromatic N) is 3. The number of thioether (sulfide) groups is 1. The molecule has 0 spiro atoms. The van der Waals surface area contributed by atoms with Gasteiger partial charge in [-0.2, -0.15) is 0 Å². The molecule has 0 N–H and O–H groups in total. The molecule has 1 amide bonds. The molecule has 3 aromatic rings. The number of carbonyl (C=O) groups is 1. The maximum absolute atomic E-state index is 13.2. The Bertz CT molecular complexity index is 982. The predicted octanol–water partition coefficient (Wildman–Crippen LogP) is 5.85. The fraction of sp³-hybridized carbons (Fsp3) is 0.364. The van der Waals surface area contributed by atoms with Gasteiger partial charge in [0.1, 0.15) is 11.3 Å². The number of fused-ring (bicyclic) bond motifs is 1. The van der Waals surface area contributed by atoms with Crippen LogP contribution in [-0.2, 0) is 4.79 Å². The van der Waals surface area contributed by atoms with Crippen molar-refractivity contribution in [2.24, 2.45) is 0 Å². The van der Waals surface area contributed by atoms with Crippen LogP contribution in [0.2, 0.25) is 5.02 Å². The number of thiazole rings is 1. The lowest BCUT2D eigenvalue weighted by Gasteiger charge is -2.24. The summed E-state index contributed by atoms with van der Waals surface area (Å²) < 4.78 is 6.28. The van der Waals surface area contributed by atoms with Crippen molar-refractivity contribution in [3.63, 3.8) is 0 Å². The summed E-state index contributed by atoms with van der Waals surface area (Å²) in [4.78, 5) is 23.1. The molecule has 9 heteroatoms. The molecule has 31 heavy (non-hydrogen) atoms. The van der Waals surface area contributed by atoms with Crippen molar-refractivity contribution in [3.05, 3.63) is 47.5 Å². The van der Waals surface area contributed by atoms with E-state index in [1.807, 2.05) is 36.4 Å². The van der Waals surface area contributed by atoms with Gasteiger partial charge in [-0.3, -0.25) is 9.69 Å². The summed E-state index contributed by atoms with van der Waals surface area (Å²) in [6.45, 7) is 7.51. The van der Waals surface area contributed by atoms with E-state index in [0.29, 0.717) is 33.7 Å². The summed E-state index contributed by atoms with van der Waals surface area (Å²) >= 11 is 9.37. The van der Waals surface area contributed by atoms with Crippen LogP contribution in [0, 0.1) is 0 Å². The minimum atomic E-state index is 0. The fourth-order valence-electron chi connectivity index (χ4n) is 3.07. The zero-order chi connectivity index (χ0) is 21.5. The molecule has 1 aromatic heterocycles. The number of methoxy groups -OCH3 is 1. The summed E-state index contributed by atoms with van der Waals surface area (Å²) in [5.74, 6) is 1.04. The second kappa shape index (κ2) is 12.5. The first-order valence-corrected chi connectivity index (χ1v) is 12.1. The van der Waals surface area contributed by atoms with Gasteiger partial charge in [0.15, 0.2) is 5.13 Å². The number of rotatable bonds is 10. The Hall–Kier alpha value is -1.51. The molecule has 168 valence electrons. The predicted molar refractivity (Wildman–Crippen MR) is 136 cm³/mol. The molecule has 0 aliphatic carbocycles. The lowest BCUT2D eigenvalue weighted by molar-refractivity contribution is -0.116. The molecule has 0 radical (unpaired) electrons. The minimum absolute atomic E-state index is 0. The highest BCUT2D eigenvalue weighted by atomic mass is 35.5. The van der Waals surface area contributed by atoms with E-state index in [0.717, 1.165) is 29.2 Å². The van der Waals surface area contributed by atoms with E-state index in [1.54, 1.807) is 18.1 Å². The van der Waals surface area contributed by atoms with E-state index in [9.17, 15) is 4.79 Å². The number of aromatic nitrogens is 1. The van der Waals surface area contributed by atoms with Crippen LogP contribution >= 0.6 is 47.1 Å². The zero-order valence-electron chi connectivity index (χ0n) is 17.8. The second-order valence-electron chi connectivity index (χ2n) is 6.60. The summed E-state index contributed by atoms with van der Waals surface area (Å²) in [6.07, 6.45) is 0. The van der Waals surface area contributed by atoms with Crippen molar-refractivity contribution in [2.45, 2.75) is 18.7 Å². The molecule has 0 saturated carbocycles. The van der Waals surface area contributed by atoms with Crippen molar-refractivity contribution in [1.82, 2.24) is 9.88 Å². The summed E-state index contributed by atoms with van der Waals surface area (Å²) in [5, 5.41) is 1.27. The van der Waals surface area contributed by atoms with Gasteiger partial charge >= 0.3 is 0 Å². The number of hydrogen-bond donors (Lipinski definition) is 0. The SMILES string of the molecule is CCN(CC)CCN(C(=O)CSc1ccccc1)c1nc2c(OC)ccc(Cl)c2s1.Cl. The molecule has 0 aliphatic heterocycles. The number of hydrogen-bond acceptors (Lipinski definition) is 6. The first kappa shape index (κ1) is 25.7. The number of anilines is 1. The molecule has 0 aliphatic rings. The van der Waals surface area contributed by atoms with E-state index in [4.69, 9.17) is 21.3 Å². The van der Waals surface area contributed by atoms with E-state index in [2.05, 4.69) is 18.7 Å². The number of likely N-dealkylation sites (N-methyl/N-ethyl adjacent to an activating group) is 1. The van der Waals surface area contributed by atoms with Crippen LogP contribution in [0.25, 0.3) is 10.2 Å². The Kier molecular flexibility index (Phi) is 10.4. The second-order valence-corrected chi connectivity index (χ2v) is 9.03. The fourth-order valence-corrected chi connectivity index (χ4v) is 5.16. The molecular weight excluding hydrogens is 473 g/mol. The number of carbonyl (C=O) groups excluding carboxylic acids is 1. The Morgan fingerprint density at radius 2 is 1.84 bits per heavy atom. The van der Waals surface area contributed by atoms with Crippen LogP contribution in [-0.4, -0.2) is 54.8 Å². The standard InChI is InChI=1S/C22H26ClN3O2S2.ClH/c1-4-25(5-2)13-14-26(19(27)15-29-16-9-7-6-8-10-16)22-24-20-18(28-3)12-11-17(23)21(20)30-22;/h6-12H,4-5,13-15H2,1-3H3;1H. The maximum Gasteiger partial charge on any atom is 0.239 e. The largest absolute Gasteiger partial charge is 0.494 e. The van der Waals surface area contributed by atoms with Crippen molar-refractivity contribution in [2.75, 3.05) is 43.9 Å². The van der Waals surface area contributed by atoms with Gasteiger partial charge in [-0.25, -0.2) is 4.98 Å². The highest BCUT2D eigenvalue weighted by Crippen LogP contribution is 2.39. The third-order valence-electron chi connectivity index (χ3n) is 4.84. The molecular formula is C22H27Cl2N3O2S2. The molecule has 1 heterocycles. The van der Waals surface area contributed by atoms with Crippen molar-refractivity contribution >= 4 is 68.4 Å². The number of benzene rings is 2. The van der Waals surface area contributed by atoms with Crippen LogP contribution in [0.15, 0.2) is 47.4 Å². The number of ether oxygens (including phenoxy) is 1. The molecule has 3 rings (SSSR count). The van der Waals surface area contributed by atoms with E-state index in [1.165, 1.54) is 23.1 Å². The van der Waals surface area contributed by atoms with Crippen molar-refractivity contribution < 1.29 is 9.53 Å². The smallest absolute Gasteiger partial charge is 0.239 e. The Balaban J connectivity index is 0.00000341. The number of halogens is 2. The average Bonchev–Trinajstić information content (AvgIpc) is 3.22. The highest BCUT2D eigenvalue weighted by Gasteiger charge is 2.22. The topological polar surface area (TPSA) is 45.7 Å². The van der Waals surface area contributed by atoms with Crippen LogP contribution in [0.5, 0.6) is 5.75 Å². The lowest BCUT2D eigenvalue weighted by atomic mass is 10.3. The van der Waals surface area contributed by atoms with Crippen LogP contribution < -0.4 is 9.64 Å². The van der Waals surface area contributed by atoms with Crippen LogP contribution in [0.3, 0.4) is 0 Å². The molecule has 0 bridgehead atoms. The zero-order valence-corrected chi connectivity index (χ0v) is 21.0. The van der Waals surface area contributed by atoms with Gasteiger partial charge in [0.2, 0.25) is 5.91 Å². The molecule has 5 nitrogen and oxygen atoms in total. The van der Waals surface area contributed by atoms with Gasteiger partial charge in [0.25, 0.3) is 0 Å². The Morgan fingerprint density at radius 1 is 1.13 bits per heavy atom. The van der Waals surface area contributed by atoms with Gasteiger partial charge < -0.3 is 9.64 Å². The van der Waals surface area contributed by atoms with Crippen LogP contribution in [0.4, 0.5) is 5.13 Å². The lowest BCUT2D eigenvalue weighted by Crippen LogP contribution is -2.39. The quantitative estimate of drug-likeness (QED) is 0.327. The van der Waals surface area contributed by atoms with E-state index >= 15 is 0 Å². The molecule has 0 saturated heterocycles. The average molecular weight is 501 g/mol. The molecule has 0 atom stereocenters. The summed E-state index contributed by atoms with van der Waals surface area (Å²) in [7, 11) is 1.61. The molecule has 2 aromatic carbocycles. The van der Waals surface area contributed by atoms with Gasteiger partial charge in [0.05, 0.1) is 22.6 Å². The first-order valence-electron chi connectivity index (χ1n) is 9.90. The van der Waals surface area contributed by atoms with Gasteiger partial charge in [-0.05, 0) is 37.4 Å². The molecule has 0 unspecified atom stereocenters. The molecule has 0 fully saturated rings. The summed E-state index contributed by atoms with van der Waals surface area (Å²) in [5.41, 5.74) is 0.696. The summed E-state index contributed by atoms with van der Waals surface area (Å²) in [6, 6.07) is 13.6. The minimum Gasteiger partial charge on any atom is -0.494 e. The van der Waals surface area contributed by atoms with E-state index in [-0.39, 0.29) is 18.3 Å². The van der Waals surface area contributed by atoms with Crippen molar-refractivity contribution in [3.8, 4) is 5.75 Å². The normalized spacial score (nSPS) is 10.9. The van der Waals surface area contributed by atoms with E-state index < -0.39 is 0 Å². The Labute approximate surface area is 203 Å². The van der Waals surface area contributed by atoms with Gasteiger partial charge in [-0.15, -0.1) is 24.2 Å². The monoisotopic (exact) mass is 499 g/mol. The number of amides is 1. The third-order valence-corrected chi connectivity index (χ3v) is 7.37. The first-order chi connectivity index (χ1) is 14.6. The van der Waals surface area contributed by atoms with Gasteiger partial charge in [-0.1, -0.05) is 55.0 Å². The Morgan fingerprint density at radius 3 is 2.48 bits per heavy atom.